The number of aromatic nitrogens is 1. The average Bonchev–Trinajstić information content (AvgIpc) is 4.01. The molecule has 1 unspecified atom stereocenters. The Labute approximate surface area is 375 Å². The van der Waals surface area contributed by atoms with Crippen molar-refractivity contribution in [1.82, 2.24) is 9.88 Å². The van der Waals surface area contributed by atoms with E-state index in [2.05, 4.69) is 211 Å². The van der Waals surface area contributed by atoms with E-state index in [0.29, 0.717) is 6.42 Å². The molecule has 13 rings (SSSR count). The van der Waals surface area contributed by atoms with E-state index in [4.69, 9.17) is 13.8 Å². The number of hydrogen-bond donors (Lipinski definition) is 1. The zero-order valence-corrected chi connectivity index (χ0v) is 35.6. The molecule has 65 heavy (non-hydrogen) atoms. The lowest BCUT2D eigenvalue weighted by Crippen LogP contribution is -2.22. The normalized spacial score (nSPS) is 14.5. The van der Waals surface area contributed by atoms with Gasteiger partial charge in [0.05, 0.1) is 11.0 Å². The molecule has 0 amide bonds. The van der Waals surface area contributed by atoms with Gasteiger partial charge in [-0.15, -0.1) is 0 Å². The number of rotatable bonds is 6. The SMILES string of the molecule is CC1=C(n2c3ccccc3c3cc(-c4ccccc4)ccc32)NC(c2cccc3oc4ccc(-c5ccc(-c6cccc7oc8ccccc8c67)cc5)cc4c23)N=C(c2ccccc2)C1. The molecule has 4 heterocycles. The molecule has 308 valence electrons. The fraction of sp³-hybridized carbons (Fsp3) is 0.0500. The van der Waals surface area contributed by atoms with Gasteiger partial charge in [-0.2, -0.15) is 0 Å². The number of aliphatic imine (C=N–C) groups is 1. The molecule has 0 radical (unpaired) electrons. The van der Waals surface area contributed by atoms with Gasteiger partial charge in [-0.25, -0.2) is 0 Å². The van der Waals surface area contributed by atoms with Gasteiger partial charge >= 0.3 is 0 Å². The summed E-state index contributed by atoms with van der Waals surface area (Å²) in [6.07, 6.45) is 0.263. The molecule has 1 aliphatic rings. The van der Waals surface area contributed by atoms with Crippen LogP contribution in [0.2, 0.25) is 0 Å². The number of allylic oxidation sites excluding steroid dienone is 1. The summed E-state index contributed by atoms with van der Waals surface area (Å²) in [6, 6.07) is 73.2. The zero-order valence-electron chi connectivity index (χ0n) is 35.6. The van der Waals surface area contributed by atoms with Crippen molar-refractivity contribution in [3.8, 4) is 33.4 Å². The topological polar surface area (TPSA) is 55.6 Å². The van der Waals surface area contributed by atoms with E-state index in [0.717, 1.165) is 99.8 Å². The third kappa shape index (κ3) is 6.11. The van der Waals surface area contributed by atoms with Crippen molar-refractivity contribution in [1.29, 1.82) is 0 Å². The highest BCUT2D eigenvalue weighted by atomic mass is 16.3. The highest BCUT2D eigenvalue weighted by molar-refractivity contribution is 6.14. The third-order valence-corrected chi connectivity index (χ3v) is 13.3. The molecular formula is C60H41N3O2. The number of hydrogen-bond acceptors (Lipinski definition) is 4. The summed E-state index contributed by atoms with van der Waals surface area (Å²) in [5.74, 6) is 1.04. The fourth-order valence-electron chi connectivity index (χ4n) is 10.2. The minimum Gasteiger partial charge on any atom is -0.456 e. The second-order valence-corrected chi connectivity index (χ2v) is 17.1. The van der Waals surface area contributed by atoms with Crippen molar-refractivity contribution >= 4 is 77.2 Å². The molecule has 3 aromatic heterocycles. The first-order chi connectivity index (χ1) is 32.1. The van der Waals surface area contributed by atoms with Crippen LogP contribution in [-0.4, -0.2) is 10.3 Å². The lowest BCUT2D eigenvalue weighted by atomic mass is 9.96. The Morgan fingerprint density at radius 3 is 1.82 bits per heavy atom. The van der Waals surface area contributed by atoms with Crippen LogP contribution in [0.25, 0.3) is 105 Å². The predicted octanol–water partition coefficient (Wildman–Crippen LogP) is 16.0. The average molecular weight is 836 g/mol. The highest BCUT2D eigenvalue weighted by Crippen LogP contribution is 2.42. The Balaban J connectivity index is 0.942. The van der Waals surface area contributed by atoms with Gasteiger partial charge < -0.3 is 14.2 Å². The van der Waals surface area contributed by atoms with Crippen LogP contribution in [0.1, 0.15) is 30.6 Å². The monoisotopic (exact) mass is 835 g/mol. The molecule has 0 fully saturated rings. The molecule has 0 saturated heterocycles. The minimum absolute atomic E-state index is 0.424. The van der Waals surface area contributed by atoms with Crippen LogP contribution in [0.15, 0.2) is 226 Å². The molecule has 9 aromatic carbocycles. The van der Waals surface area contributed by atoms with Crippen LogP contribution in [0.4, 0.5) is 0 Å². The van der Waals surface area contributed by atoms with Crippen LogP contribution in [0, 0.1) is 0 Å². The van der Waals surface area contributed by atoms with E-state index < -0.39 is 6.17 Å². The van der Waals surface area contributed by atoms with Crippen LogP contribution >= 0.6 is 0 Å². The summed E-state index contributed by atoms with van der Waals surface area (Å²) in [5, 5.41) is 10.9. The Bertz CT molecular complexity index is 3890. The van der Waals surface area contributed by atoms with Gasteiger partial charge in [-0.05, 0) is 100.0 Å². The standard InChI is InChI=1S/C60H41N3O2/c1-37-34-50(41-16-6-3-7-17-41)61-59(62-60(37)63-51-22-10-8-18-45(51)48-35-42(30-32-52(48)63)38-14-4-2-5-15-38)47-21-13-25-56-58(47)49-36-43(31-33-54(49)65-56)39-26-28-40(29-27-39)44-20-12-24-55-57(44)46-19-9-11-23-53(46)64-55/h2-33,35-36,59,62H,34H2,1H3. The molecule has 0 bridgehead atoms. The Morgan fingerprint density at radius 2 is 1.02 bits per heavy atom. The second kappa shape index (κ2) is 14.9. The van der Waals surface area contributed by atoms with Crippen molar-refractivity contribution in [2.45, 2.75) is 19.5 Å². The third-order valence-electron chi connectivity index (χ3n) is 13.3. The van der Waals surface area contributed by atoms with Crippen LogP contribution < -0.4 is 5.32 Å². The fourth-order valence-corrected chi connectivity index (χ4v) is 10.2. The van der Waals surface area contributed by atoms with Crippen molar-refractivity contribution in [2.75, 3.05) is 0 Å². The minimum atomic E-state index is -0.424. The summed E-state index contributed by atoms with van der Waals surface area (Å²) in [4.78, 5) is 5.63. The van der Waals surface area contributed by atoms with E-state index in [1.165, 1.54) is 27.5 Å². The smallest absolute Gasteiger partial charge is 0.146 e. The van der Waals surface area contributed by atoms with Gasteiger partial charge in [0.2, 0.25) is 0 Å². The molecule has 1 N–H and O–H groups in total. The Hall–Kier alpha value is -8.41. The summed E-state index contributed by atoms with van der Waals surface area (Å²) in [5.41, 5.74) is 17.1. The first-order valence-corrected chi connectivity index (χ1v) is 22.3. The quantitative estimate of drug-likeness (QED) is 0.182. The molecule has 12 aromatic rings. The summed E-state index contributed by atoms with van der Waals surface area (Å²) >= 11 is 0. The van der Waals surface area contributed by atoms with E-state index in [9.17, 15) is 0 Å². The highest BCUT2D eigenvalue weighted by Gasteiger charge is 2.27. The number of benzene rings is 9. The molecule has 0 saturated carbocycles. The maximum Gasteiger partial charge on any atom is 0.146 e. The largest absolute Gasteiger partial charge is 0.456 e. The van der Waals surface area contributed by atoms with Gasteiger partial charge in [0.1, 0.15) is 34.3 Å². The molecule has 1 aliphatic heterocycles. The maximum absolute atomic E-state index is 6.64. The van der Waals surface area contributed by atoms with E-state index in [1.54, 1.807) is 0 Å². The predicted molar refractivity (Wildman–Crippen MR) is 269 cm³/mol. The van der Waals surface area contributed by atoms with Crippen molar-refractivity contribution < 1.29 is 8.83 Å². The number of nitrogens with one attached hydrogen (secondary N) is 1. The molecular weight excluding hydrogens is 795 g/mol. The number of nitrogens with zero attached hydrogens (tertiary/aromatic N) is 2. The Kier molecular flexibility index (Phi) is 8.50. The molecule has 5 nitrogen and oxygen atoms in total. The number of para-hydroxylation sites is 2. The first-order valence-electron chi connectivity index (χ1n) is 22.3. The van der Waals surface area contributed by atoms with Crippen molar-refractivity contribution in [3.05, 3.63) is 223 Å². The van der Waals surface area contributed by atoms with Crippen LogP contribution in [0.3, 0.4) is 0 Å². The second-order valence-electron chi connectivity index (χ2n) is 17.1. The van der Waals surface area contributed by atoms with Gasteiger partial charge in [0.25, 0.3) is 0 Å². The van der Waals surface area contributed by atoms with E-state index >= 15 is 0 Å². The van der Waals surface area contributed by atoms with Gasteiger partial charge in [-0.3, -0.25) is 9.56 Å². The number of fused-ring (bicyclic) bond motifs is 9. The summed E-state index contributed by atoms with van der Waals surface area (Å²) in [7, 11) is 0. The Morgan fingerprint density at radius 1 is 0.446 bits per heavy atom. The summed E-state index contributed by atoms with van der Waals surface area (Å²) in [6.45, 7) is 2.24. The zero-order chi connectivity index (χ0) is 43.0. The van der Waals surface area contributed by atoms with E-state index in [-0.39, 0.29) is 0 Å². The molecule has 5 heteroatoms. The van der Waals surface area contributed by atoms with E-state index in [1.807, 2.05) is 12.1 Å². The number of furan rings is 2. The first kappa shape index (κ1) is 37.2. The van der Waals surface area contributed by atoms with Crippen molar-refractivity contribution in [3.63, 3.8) is 0 Å². The lowest BCUT2D eigenvalue weighted by Gasteiger charge is -2.22. The van der Waals surface area contributed by atoms with Crippen LogP contribution in [-0.2, 0) is 0 Å². The van der Waals surface area contributed by atoms with Crippen molar-refractivity contribution in [2.24, 2.45) is 4.99 Å². The van der Waals surface area contributed by atoms with Crippen LogP contribution in [0.5, 0.6) is 0 Å². The maximum atomic E-state index is 6.64. The summed E-state index contributed by atoms with van der Waals surface area (Å²) < 4.78 is 15.3. The molecule has 0 aliphatic carbocycles. The lowest BCUT2D eigenvalue weighted by molar-refractivity contribution is 0.653. The van der Waals surface area contributed by atoms with Gasteiger partial charge in [0.15, 0.2) is 0 Å². The van der Waals surface area contributed by atoms with Gasteiger partial charge in [0, 0.05) is 50.0 Å². The molecule has 0 spiro atoms. The molecule has 1 atom stereocenters. The van der Waals surface area contributed by atoms with Gasteiger partial charge in [-0.1, -0.05) is 158 Å².